The van der Waals surface area contributed by atoms with Crippen molar-refractivity contribution in [2.45, 2.75) is 39.2 Å². The van der Waals surface area contributed by atoms with Crippen molar-refractivity contribution in [1.29, 1.82) is 0 Å². The van der Waals surface area contributed by atoms with E-state index in [4.69, 9.17) is 9.84 Å². The van der Waals surface area contributed by atoms with Crippen LogP contribution in [0.25, 0.3) is 0 Å². The summed E-state index contributed by atoms with van der Waals surface area (Å²) in [5, 5.41) is 11.8. The Labute approximate surface area is 130 Å². The Morgan fingerprint density at radius 3 is 2.82 bits per heavy atom. The fraction of sp³-hybridized carbons (Fsp3) is 0.529. The zero-order valence-corrected chi connectivity index (χ0v) is 13.1. The highest BCUT2D eigenvalue weighted by Gasteiger charge is 2.27. The van der Waals surface area contributed by atoms with Gasteiger partial charge in [-0.05, 0) is 37.8 Å². The smallest absolute Gasteiger partial charge is 0.309 e. The van der Waals surface area contributed by atoms with Crippen LogP contribution in [-0.2, 0) is 20.7 Å². The zero-order chi connectivity index (χ0) is 16.2. The number of hydrogen-bond donors (Lipinski definition) is 2. The van der Waals surface area contributed by atoms with Gasteiger partial charge in [-0.15, -0.1) is 0 Å². The van der Waals surface area contributed by atoms with Gasteiger partial charge in [-0.25, -0.2) is 0 Å². The number of carboxylic acids is 1. The van der Waals surface area contributed by atoms with Crippen LogP contribution in [0.3, 0.4) is 0 Å². The van der Waals surface area contributed by atoms with Crippen LogP contribution in [0.15, 0.2) is 24.3 Å². The van der Waals surface area contributed by atoms with Gasteiger partial charge in [0.2, 0.25) is 5.91 Å². The van der Waals surface area contributed by atoms with Crippen molar-refractivity contribution in [3.8, 4) is 0 Å². The van der Waals surface area contributed by atoms with Gasteiger partial charge in [0.1, 0.15) is 0 Å². The summed E-state index contributed by atoms with van der Waals surface area (Å²) in [6, 6.07) is 8.02. The molecular weight excluding hydrogens is 282 g/mol. The molecular formula is C17H23NO4. The lowest BCUT2D eigenvalue weighted by Gasteiger charge is -2.26. The molecule has 0 fully saturated rings. The minimum absolute atomic E-state index is 0.108. The zero-order valence-electron chi connectivity index (χ0n) is 13.1. The normalized spacial score (nSPS) is 17.6. The van der Waals surface area contributed by atoms with Gasteiger partial charge in [-0.2, -0.15) is 0 Å². The maximum Gasteiger partial charge on any atom is 0.309 e. The van der Waals surface area contributed by atoms with E-state index in [9.17, 15) is 9.59 Å². The number of rotatable bonds is 6. The second-order valence-electron chi connectivity index (χ2n) is 6.30. The minimum atomic E-state index is -0.855. The number of aliphatic carboxylic acids is 1. The van der Waals surface area contributed by atoms with E-state index in [0.717, 1.165) is 12.0 Å². The molecule has 0 aliphatic carbocycles. The molecule has 1 amide bonds. The van der Waals surface area contributed by atoms with Crippen LogP contribution in [0, 0.1) is 5.41 Å². The fourth-order valence-corrected chi connectivity index (χ4v) is 2.51. The molecule has 2 N–H and O–H groups in total. The summed E-state index contributed by atoms with van der Waals surface area (Å²) < 4.78 is 5.71. The van der Waals surface area contributed by atoms with E-state index in [-0.39, 0.29) is 18.4 Å². The van der Waals surface area contributed by atoms with Gasteiger partial charge in [0.05, 0.1) is 24.5 Å². The van der Waals surface area contributed by atoms with E-state index >= 15 is 0 Å². The number of benzene rings is 1. The summed E-state index contributed by atoms with van der Waals surface area (Å²) in [6.07, 6.45) is 1.33. The van der Waals surface area contributed by atoms with E-state index in [2.05, 4.69) is 11.4 Å². The van der Waals surface area contributed by atoms with Gasteiger partial charge in [-0.3, -0.25) is 9.59 Å². The van der Waals surface area contributed by atoms with Crippen molar-refractivity contribution in [3.05, 3.63) is 35.4 Å². The number of hydrogen-bond acceptors (Lipinski definition) is 3. The van der Waals surface area contributed by atoms with E-state index in [0.29, 0.717) is 19.6 Å². The first kappa shape index (κ1) is 16.5. The molecule has 0 bridgehead atoms. The van der Waals surface area contributed by atoms with Crippen molar-refractivity contribution in [3.63, 3.8) is 0 Å². The lowest BCUT2D eigenvalue weighted by atomic mass is 9.89. The summed E-state index contributed by atoms with van der Waals surface area (Å²) in [5.74, 6) is -0.964. The Balaban J connectivity index is 1.85. The Kier molecular flexibility index (Phi) is 5.19. The van der Waals surface area contributed by atoms with Crippen molar-refractivity contribution in [2.75, 3.05) is 13.2 Å². The topological polar surface area (TPSA) is 75.6 Å². The largest absolute Gasteiger partial charge is 0.481 e. The van der Waals surface area contributed by atoms with Crippen LogP contribution < -0.4 is 5.32 Å². The fourth-order valence-electron chi connectivity index (χ4n) is 2.51. The Bertz CT molecular complexity index is 553. The third kappa shape index (κ3) is 4.07. The standard InChI is InChI=1S/C17H23NO4/c1-17(2,16(20)21)8-9-18-15(19)11-14-13-6-4-3-5-12(13)7-10-22-14/h3-6,14H,7-11H2,1-2H3,(H,18,19)(H,20,21). The number of fused-ring (bicyclic) bond motifs is 1. The second-order valence-corrected chi connectivity index (χ2v) is 6.30. The molecule has 22 heavy (non-hydrogen) atoms. The number of carbonyl (C=O) groups is 2. The molecule has 1 unspecified atom stereocenters. The molecule has 0 aromatic heterocycles. The minimum Gasteiger partial charge on any atom is -0.481 e. The van der Waals surface area contributed by atoms with Crippen LogP contribution in [-0.4, -0.2) is 30.1 Å². The molecule has 1 atom stereocenters. The van der Waals surface area contributed by atoms with Crippen LogP contribution in [0.5, 0.6) is 0 Å². The van der Waals surface area contributed by atoms with Gasteiger partial charge in [-0.1, -0.05) is 24.3 Å². The first-order valence-electron chi connectivity index (χ1n) is 7.59. The number of ether oxygens (including phenoxy) is 1. The molecule has 1 heterocycles. The summed E-state index contributed by atoms with van der Waals surface area (Å²) in [4.78, 5) is 23.1. The highest BCUT2D eigenvalue weighted by Crippen LogP contribution is 2.29. The third-order valence-electron chi connectivity index (χ3n) is 4.11. The number of nitrogens with one attached hydrogen (secondary N) is 1. The molecule has 2 rings (SSSR count). The van der Waals surface area contributed by atoms with Crippen molar-refractivity contribution in [2.24, 2.45) is 5.41 Å². The van der Waals surface area contributed by atoms with E-state index < -0.39 is 11.4 Å². The maximum absolute atomic E-state index is 12.0. The van der Waals surface area contributed by atoms with E-state index in [1.807, 2.05) is 18.2 Å². The molecule has 1 aromatic rings. The molecule has 1 aliphatic rings. The lowest BCUT2D eigenvalue weighted by molar-refractivity contribution is -0.147. The van der Waals surface area contributed by atoms with Crippen LogP contribution in [0.1, 0.15) is 43.9 Å². The average Bonchev–Trinajstić information content (AvgIpc) is 2.47. The van der Waals surface area contributed by atoms with Crippen molar-refractivity contribution < 1.29 is 19.4 Å². The molecule has 0 saturated carbocycles. The van der Waals surface area contributed by atoms with Gasteiger partial charge in [0, 0.05) is 6.54 Å². The first-order valence-corrected chi connectivity index (χ1v) is 7.59. The molecule has 1 aliphatic heterocycles. The van der Waals surface area contributed by atoms with Crippen molar-refractivity contribution in [1.82, 2.24) is 5.32 Å². The highest BCUT2D eigenvalue weighted by atomic mass is 16.5. The molecule has 0 saturated heterocycles. The summed E-state index contributed by atoms with van der Waals surface area (Å²) in [6.45, 7) is 4.29. The van der Waals surface area contributed by atoms with Crippen LogP contribution >= 0.6 is 0 Å². The van der Waals surface area contributed by atoms with Crippen molar-refractivity contribution >= 4 is 11.9 Å². The number of carbonyl (C=O) groups excluding carboxylic acids is 1. The number of amides is 1. The molecule has 0 spiro atoms. The van der Waals surface area contributed by atoms with Gasteiger partial charge in [0.15, 0.2) is 0 Å². The number of carboxylic acid groups (broad SMARTS) is 1. The van der Waals surface area contributed by atoms with Gasteiger partial charge in [0.25, 0.3) is 0 Å². The first-order chi connectivity index (χ1) is 10.4. The second kappa shape index (κ2) is 6.92. The monoisotopic (exact) mass is 305 g/mol. The lowest BCUT2D eigenvalue weighted by Crippen LogP contribution is -2.33. The van der Waals surface area contributed by atoms with Gasteiger partial charge < -0.3 is 15.2 Å². The van der Waals surface area contributed by atoms with Crippen LogP contribution in [0.2, 0.25) is 0 Å². The van der Waals surface area contributed by atoms with Gasteiger partial charge >= 0.3 is 5.97 Å². The van der Waals surface area contributed by atoms with Crippen LogP contribution in [0.4, 0.5) is 0 Å². The Hall–Kier alpha value is -1.88. The average molecular weight is 305 g/mol. The predicted octanol–water partition coefficient (Wildman–Crippen LogP) is 2.31. The summed E-state index contributed by atoms with van der Waals surface area (Å²) in [7, 11) is 0. The highest BCUT2D eigenvalue weighted by molar-refractivity contribution is 5.77. The molecule has 0 radical (unpaired) electrons. The predicted molar refractivity (Wildman–Crippen MR) is 82.5 cm³/mol. The Morgan fingerprint density at radius 1 is 1.36 bits per heavy atom. The molecule has 5 heteroatoms. The maximum atomic E-state index is 12.0. The Morgan fingerprint density at radius 2 is 2.09 bits per heavy atom. The third-order valence-corrected chi connectivity index (χ3v) is 4.11. The quantitative estimate of drug-likeness (QED) is 0.845. The molecule has 120 valence electrons. The van der Waals surface area contributed by atoms with E-state index in [1.165, 1.54) is 5.56 Å². The summed E-state index contributed by atoms with van der Waals surface area (Å²) >= 11 is 0. The SMILES string of the molecule is CC(C)(CCNC(=O)CC1OCCc2ccccc21)C(=O)O. The molecule has 5 nitrogen and oxygen atoms in total. The molecule has 1 aromatic carbocycles. The van der Waals surface area contributed by atoms with E-state index in [1.54, 1.807) is 13.8 Å². The summed E-state index contributed by atoms with van der Waals surface area (Å²) in [5.41, 5.74) is 1.48.